The molecule has 0 atom stereocenters. The first kappa shape index (κ1) is 19.1. The molecular formula is C23H27FN2O2. The largest absolute Gasteiger partial charge is 0.377 e. The van der Waals surface area contributed by atoms with Crippen molar-refractivity contribution in [2.45, 2.75) is 24.8 Å². The third-order valence-electron chi connectivity index (χ3n) is 6.10. The zero-order chi connectivity index (χ0) is 19.4. The van der Waals surface area contributed by atoms with Gasteiger partial charge in [-0.2, -0.15) is 0 Å². The number of carbonyl (C=O) groups is 1. The van der Waals surface area contributed by atoms with Crippen LogP contribution in [0.4, 0.5) is 4.39 Å². The van der Waals surface area contributed by atoms with Crippen LogP contribution < -0.4 is 0 Å². The molecule has 1 spiro atoms. The zero-order valence-electron chi connectivity index (χ0n) is 16.1. The summed E-state index contributed by atoms with van der Waals surface area (Å²) in [6.07, 6.45) is 2.76. The SMILES string of the molecule is O=C(c1ccccc1F)N1CCOCC12CCN(CCc1ccccc1)CC2. The van der Waals surface area contributed by atoms with Gasteiger partial charge in [-0.15, -0.1) is 0 Å². The van der Waals surface area contributed by atoms with Crippen LogP contribution in [-0.4, -0.2) is 60.6 Å². The van der Waals surface area contributed by atoms with Gasteiger partial charge in [0.05, 0.1) is 24.3 Å². The molecule has 1 amide bonds. The van der Waals surface area contributed by atoms with Gasteiger partial charge in [0.25, 0.3) is 5.91 Å². The predicted octanol–water partition coefficient (Wildman–Crippen LogP) is 3.38. The fraction of sp³-hybridized carbons (Fsp3) is 0.435. The van der Waals surface area contributed by atoms with Crippen LogP contribution >= 0.6 is 0 Å². The molecule has 0 N–H and O–H groups in total. The van der Waals surface area contributed by atoms with E-state index in [9.17, 15) is 9.18 Å². The Bertz CT molecular complexity index is 803. The second-order valence-corrected chi connectivity index (χ2v) is 7.79. The van der Waals surface area contributed by atoms with E-state index in [0.717, 1.165) is 38.9 Å². The predicted molar refractivity (Wildman–Crippen MR) is 107 cm³/mol. The van der Waals surface area contributed by atoms with Crippen molar-refractivity contribution in [3.8, 4) is 0 Å². The Kier molecular flexibility index (Phi) is 5.74. The lowest BCUT2D eigenvalue weighted by Crippen LogP contribution is -2.63. The Hall–Kier alpha value is -2.24. The van der Waals surface area contributed by atoms with Crippen molar-refractivity contribution in [2.75, 3.05) is 39.4 Å². The second kappa shape index (κ2) is 8.41. The zero-order valence-corrected chi connectivity index (χ0v) is 16.1. The number of piperidine rings is 1. The molecule has 5 heteroatoms. The molecule has 2 aromatic rings. The van der Waals surface area contributed by atoms with E-state index >= 15 is 0 Å². The Labute approximate surface area is 165 Å². The lowest BCUT2D eigenvalue weighted by molar-refractivity contribution is -0.0776. The van der Waals surface area contributed by atoms with E-state index in [1.54, 1.807) is 18.2 Å². The summed E-state index contributed by atoms with van der Waals surface area (Å²) in [6, 6.07) is 16.8. The van der Waals surface area contributed by atoms with Crippen molar-refractivity contribution < 1.29 is 13.9 Å². The van der Waals surface area contributed by atoms with Crippen LogP contribution in [0.3, 0.4) is 0 Å². The monoisotopic (exact) mass is 382 g/mol. The van der Waals surface area contributed by atoms with Crippen molar-refractivity contribution in [3.05, 3.63) is 71.5 Å². The van der Waals surface area contributed by atoms with E-state index in [1.807, 2.05) is 11.0 Å². The normalized spacial score (nSPS) is 19.7. The number of nitrogens with zero attached hydrogens (tertiary/aromatic N) is 2. The van der Waals surface area contributed by atoms with Gasteiger partial charge in [-0.1, -0.05) is 42.5 Å². The van der Waals surface area contributed by atoms with Gasteiger partial charge in [0.2, 0.25) is 0 Å². The van der Waals surface area contributed by atoms with Gasteiger partial charge in [-0.05, 0) is 37.0 Å². The lowest BCUT2D eigenvalue weighted by atomic mass is 9.84. The van der Waals surface area contributed by atoms with Crippen LogP contribution in [0, 0.1) is 5.82 Å². The molecule has 4 nitrogen and oxygen atoms in total. The fourth-order valence-corrected chi connectivity index (χ4v) is 4.37. The molecule has 2 heterocycles. The maximum atomic E-state index is 14.2. The lowest BCUT2D eigenvalue weighted by Gasteiger charge is -2.51. The topological polar surface area (TPSA) is 32.8 Å². The van der Waals surface area contributed by atoms with E-state index in [2.05, 4.69) is 29.2 Å². The molecular weight excluding hydrogens is 355 g/mol. The minimum atomic E-state index is -0.450. The molecule has 0 aromatic heterocycles. The molecule has 0 bridgehead atoms. The van der Waals surface area contributed by atoms with E-state index in [-0.39, 0.29) is 17.0 Å². The van der Waals surface area contributed by atoms with Crippen molar-refractivity contribution >= 4 is 5.91 Å². The summed E-state index contributed by atoms with van der Waals surface area (Å²) in [4.78, 5) is 17.4. The first-order valence-corrected chi connectivity index (χ1v) is 10.1. The molecule has 0 saturated carbocycles. The van der Waals surface area contributed by atoms with Crippen LogP contribution in [0.5, 0.6) is 0 Å². The second-order valence-electron chi connectivity index (χ2n) is 7.79. The van der Waals surface area contributed by atoms with Gasteiger partial charge in [0.1, 0.15) is 5.82 Å². The van der Waals surface area contributed by atoms with Crippen LogP contribution in [0.25, 0.3) is 0 Å². The number of hydrogen-bond donors (Lipinski definition) is 0. The van der Waals surface area contributed by atoms with Crippen LogP contribution in [-0.2, 0) is 11.2 Å². The van der Waals surface area contributed by atoms with Gasteiger partial charge >= 0.3 is 0 Å². The smallest absolute Gasteiger partial charge is 0.257 e. The molecule has 28 heavy (non-hydrogen) atoms. The van der Waals surface area contributed by atoms with Crippen LogP contribution in [0.1, 0.15) is 28.8 Å². The summed E-state index contributed by atoms with van der Waals surface area (Å²) in [5.74, 6) is -0.659. The number of benzene rings is 2. The maximum Gasteiger partial charge on any atom is 0.257 e. The minimum Gasteiger partial charge on any atom is -0.377 e. The van der Waals surface area contributed by atoms with E-state index in [4.69, 9.17) is 4.74 Å². The van der Waals surface area contributed by atoms with Crippen molar-refractivity contribution in [1.82, 2.24) is 9.80 Å². The average Bonchev–Trinajstić information content (AvgIpc) is 2.74. The minimum absolute atomic E-state index is 0.162. The highest BCUT2D eigenvalue weighted by Gasteiger charge is 2.45. The number of halogens is 1. The Morgan fingerprint density at radius 2 is 1.71 bits per heavy atom. The number of carbonyl (C=O) groups excluding carboxylic acids is 1. The average molecular weight is 382 g/mol. The first-order chi connectivity index (χ1) is 13.7. The highest BCUT2D eigenvalue weighted by atomic mass is 19.1. The highest BCUT2D eigenvalue weighted by molar-refractivity contribution is 5.95. The van der Waals surface area contributed by atoms with Crippen LogP contribution in [0.15, 0.2) is 54.6 Å². The van der Waals surface area contributed by atoms with Gasteiger partial charge in [0.15, 0.2) is 0 Å². The highest BCUT2D eigenvalue weighted by Crippen LogP contribution is 2.33. The van der Waals surface area contributed by atoms with E-state index < -0.39 is 5.82 Å². The third kappa shape index (κ3) is 3.96. The number of morpholine rings is 1. The Morgan fingerprint density at radius 3 is 2.46 bits per heavy atom. The fourth-order valence-electron chi connectivity index (χ4n) is 4.37. The van der Waals surface area contributed by atoms with Gasteiger partial charge < -0.3 is 14.5 Å². The third-order valence-corrected chi connectivity index (χ3v) is 6.10. The molecule has 2 aliphatic heterocycles. The summed E-state index contributed by atoms with van der Waals surface area (Å²) < 4.78 is 20.0. The number of hydrogen-bond acceptors (Lipinski definition) is 3. The molecule has 148 valence electrons. The van der Waals surface area contributed by atoms with Gasteiger partial charge in [-0.3, -0.25) is 4.79 Å². The number of ether oxygens (including phenoxy) is 1. The van der Waals surface area contributed by atoms with Crippen molar-refractivity contribution in [1.29, 1.82) is 0 Å². The molecule has 2 aromatic carbocycles. The molecule has 2 saturated heterocycles. The molecule has 2 aliphatic rings. The maximum absolute atomic E-state index is 14.2. The summed E-state index contributed by atoms with van der Waals surface area (Å²) in [7, 11) is 0. The molecule has 4 rings (SSSR count). The molecule has 0 unspecified atom stereocenters. The number of likely N-dealkylation sites (tertiary alicyclic amines) is 1. The summed E-state index contributed by atoms with van der Waals surface area (Å²) >= 11 is 0. The Balaban J connectivity index is 1.42. The molecule has 0 radical (unpaired) electrons. The van der Waals surface area contributed by atoms with Gasteiger partial charge in [0, 0.05) is 26.2 Å². The Morgan fingerprint density at radius 1 is 1.00 bits per heavy atom. The van der Waals surface area contributed by atoms with E-state index in [1.165, 1.54) is 11.6 Å². The van der Waals surface area contributed by atoms with Crippen molar-refractivity contribution in [3.63, 3.8) is 0 Å². The standard InChI is InChI=1S/C23H27FN2O2/c24-21-9-5-4-8-20(21)22(27)26-16-17-28-18-23(26)11-14-25(15-12-23)13-10-19-6-2-1-3-7-19/h1-9H,10-18H2. The molecule has 2 fully saturated rings. The first-order valence-electron chi connectivity index (χ1n) is 10.1. The van der Waals surface area contributed by atoms with Crippen molar-refractivity contribution in [2.24, 2.45) is 0 Å². The summed E-state index contributed by atoms with van der Waals surface area (Å²) in [6.45, 7) is 4.45. The number of rotatable bonds is 4. The van der Waals surface area contributed by atoms with Crippen LogP contribution in [0.2, 0.25) is 0 Å². The van der Waals surface area contributed by atoms with Gasteiger partial charge in [-0.25, -0.2) is 4.39 Å². The number of amides is 1. The summed E-state index contributed by atoms with van der Waals surface area (Å²) in [5.41, 5.74) is 1.19. The van der Waals surface area contributed by atoms with E-state index in [0.29, 0.717) is 19.8 Å². The summed E-state index contributed by atoms with van der Waals surface area (Å²) in [5, 5.41) is 0. The quantitative estimate of drug-likeness (QED) is 0.813. The molecule has 0 aliphatic carbocycles.